The fraction of sp³-hybridized carbons (Fsp3) is 0.240. The summed E-state index contributed by atoms with van der Waals surface area (Å²) in [6.07, 6.45) is 1.37. The van der Waals surface area contributed by atoms with Gasteiger partial charge in [-0.2, -0.15) is 0 Å². The predicted molar refractivity (Wildman–Crippen MR) is 122 cm³/mol. The first-order valence-corrected chi connectivity index (χ1v) is 11.7. The number of rotatable bonds is 9. The molecule has 0 aromatic heterocycles. The number of benzene rings is 3. The highest BCUT2D eigenvalue weighted by atomic mass is 32.2. The Balaban J connectivity index is 1.72. The first-order chi connectivity index (χ1) is 14.9. The number of nitrogens with one attached hydrogen (secondary N) is 1. The lowest BCUT2D eigenvalue weighted by Gasteiger charge is -2.19. The molecule has 162 valence electrons. The minimum absolute atomic E-state index is 0.0367. The van der Waals surface area contributed by atoms with E-state index in [1.165, 1.54) is 7.11 Å². The van der Waals surface area contributed by atoms with Crippen LogP contribution in [-0.4, -0.2) is 28.0 Å². The second-order valence-corrected chi connectivity index (χ2v) is 9.20. The molecule has 3 rings (SSSR count). The molecule has 0 aliphatic heterocycles. The van der Waals surface area contributed by atoms with Gasteiger partial charge in [0.1, 0.15) is 0 Å². The number of esters is 1. The predicted octanol–water partition coefficient (Wildman–Crippen LogP) is 4.67. The summed E-state index contributed by atoms with van der Waals surface area (Å²) in [5, 5.41) is 0. The summed E-state index contributed by atoms with van der Waals surface area (Å²) in [6.45, 7) is 2.25. The minimum atomic E-state index is -3.54. The molecule has 3 aromatic carbocycles. The molecular weight excluding hydrogens is 410 g/mol. The molecule has 0 saturated heterocycles. The number of methoxy groups -OCH3 is 1. The standard InChI is InChI=1S/C25H27NO4S/c1-19-13-15-23(16-14-19)31(28,29)26-17-7-12-24(20-8-4-3-5-9-20)21-10-6-11-22(18-21)25(27)30-2/h3-6,8-11,13-16,18,24,26H,7,12,17H2,1-2H3. The average Bonchev–Trinajstić information content (AvgIpc) is 2.79. The maximum Gasteiger partial charge on any atom is 0.337 e. The Morgan fingerprint density at radius 2 is 1.61 bits per heavy atom. The monoisotopic (exact) mass is 437 g/mol. The smallest absolute Gasteiger partial charge is 0.337 e. The molecule has 0 aliphatic carbocycles. The number of aryl methyl sites for hydroxylation is 1. The van der Waals surface area contributed by atoms with Gasteiger partial charge in [0, 0.05) is 12.5 Å². The van der Waals surface area contributed by atoms with Crippen molar-refractivity contribution in [2.24, 2.45) is 0 Å². The molecule has 0 heterocycles. The van der Waals surface area contributed by atoms with Crippen LogP contribution in [0.1, 0.15) is 45.8 Å². The van der Waals surface area contributed by atoms with Gasteiger partial charge < -0.3 is 4.74 Å². The number of ether oxygens (including phenoxy) is 1. The van der Waals surface area contributed by atoms with Crippen LogP contribution >= 0.6 is 0 Å². The number of sulfonamides is 1. The molecule has 0 fully saturated rings. The van der Waals surface area contributed by atoms with Crippen LogP contribution in [-0.2, 0) is 14.8 Å². The van der Waals surface area contributed by atoms with E-state index in [-0.39, 0.29) is 16.8 Å². The second kappa shape index (κ2) is 10.4. The molecule has 0 aliphatic rings. The van der Waals surface area contributed by atoms with E-state index in [0.717, 1.165) is 23.1 Å². The topological polar surface area (TPSA) is 72.5 Å². The van der Waals surface area contributed by atoms with Gasteiger partial charge in [-0.25, -0.2) is 17.9 Å². The van der Waals surface area contributed by atoms with Gasteiger partial charge >= 0.3 is 5.97 Å². The Hall–Kier alpha value is -2.96. The molecule has 1 atom stereocenters. The number of carbonyl (C=O) groups excluding carboxylic acids is 1. The zero-order valence-corrected chi connectivity index (χ0v) is 18.6. The van der Waals surface area contributed by atoms with Gasteiger partial charge in [-0.3, -0.25) is 0 Å². The summed E-state index contributed by atoms with van der Waals surface area (Å²) in [4.78, 5) is 12.2. The van der Waals surface area contributed by atoms with Gasteiger partial charge in [0.2, 0.25) is 10.0 Å². The largest absolute Gasteiger partial charge is 0.465 e. The molecule has 0 bridgehead atoms. The Kier molecular flexibility index (Phi) is 7.60. The SMILES string of the molecule is COC(=O)c1cccc(C(CCCNS(=O)(=O)c2ccc(C)cc2)c2ccccc2)c1. The van der Waals surface area contributed by atoms with Gasteiger partial charge in [-0.15, -0.1) is 0 Å². The van der Waals surface area contributed by atoms with Gasteiger partial charge in [-0.05, 0) is 55.2 Å². The maximum absolute atomic E-state index is 12.5. The number of hydrogen-bond acceptors (Lipinski definition) is 4. The van der Waals surface area contributed by atoms with E-state index in [4.69, 9.17) is 4.74 Å². The van der Waals surface area contributed by atoms with Crippen LogP contribution in [0.25, 0.3) is 0 Å². The van der Waals surface area contributed by atoms with Crippen molar-refractivity contribution in [1.82, 2.24) is 4.72 Å². The van der Waals surface area contributed by atoms with E-state index in [0.29, 0.717) is 18.5 Å². The van der Waals surface area contributed by atoms with Crippen LogP contribution in [0.5, 0.6) is 0 Å². The first-order valence-electron chi connectivity index (χ1n) is 10.2. The van der Waals surface area contributed by atoms with Gasteiger partial charge in [0.15, 0.2) is 0 Å². The lowest BCUT2D eigenvalue weighted by Crippen LogP contribution is -2.25. The van der Waals surface area contributed by atoms with Crippen LogP contribution < -0.4 is 4.72 Å². The Morgan fingerprint density at radius 1 is 0.935 bits per heavy atom. The average molecular weight is 438 g/mol. The van der Waals surface area contributed by atoms with Crippen LogP contribution in [0.4, 0.5) is 0 Å². The first kappa shape index (κ1) is 22.7. The molecule has 1 N–H and O–H groups in total. The zero-order valence-electron chi connectivity index (χ0n) is 17.7. The molecular formula is C25H27NO4S. The highest BCUT2D eigenvalue weighted by Crippen LogP contribution is 2.30. The molecule has 1 unspecified atom stereocenters. The summed E-state index contributed by atoms with van der Waals surface area (Å²) >= 11 is 0. The Labute approximate surface area is 184 Å². The van der Waals surface area contributed by atoms with E-state index < -0.39 is 10.0 Å². The van der Waals surface area contributed by atoms with Crippen molar-refractivity contribution in [1.29, 1.82) is 0 Å². The van der Waals surface area contributed by atoms with Gasteiger partial charge in [0.05, 0.1) is 17.6 Å². The molecule has 5 nitrogen and oxygen atoms in total. The molecule has 3 aromatic rings. The second-order valence-electron chi connectivity index (χ2n) is 7.43. The van der Waals surface area contributed by atoms with Crippen molar-refractivity contribution in [3.8, 4) is 0 Å². The zero-order chi connectivity index (χ0) is 22.3. The highest BCUT2D eigenvalue weighted by molar-refractivity contribution is 7.89. The molecule has 0 radical (unpaired) electrons. The summed E-state index contributed by atoms with van der Waals surface area (Å²) in [5.74, 6) is -0.339. The van der Waals surface area contributed by atoms with Crippen molar-refractivity contribution >= 4 is 16.0 Å². The normalized spacial score (nSPS) is 12.3. The molecule has 0 amide bonds. The molecule has 0 spiro atoms. The van der Waals surface area contributed by atoms with E-state index in [1.54, 1.807) is 30.3 Å². The van der Waals surface area contributed by atoms with Crippen LogP contribution in [0.3, 0.4) is 0 Å². The third-order valence-electron chi connectivity index (χ3n) is 5.20. The van der Waals surface area contributed by atoms with Crippen LogP contribution in [0.15, 0.2) is 83.8 Å². The maximum atomic E-state index is 12.5. The van der Waals surface area contributed by atoms with Crippen molar-refractivity contribution in [3.63, 3.8) is 0 Å². The number of hydrogen-bond donors (Lipinski definition) is 1. The van der Waals surface area contributed by atoms with E-state index in [2.05, 4.69) is 4.72 Å². The minimum Gasteiger partial charge on any atom is -0.465 e. The van der Waals surface area contributed by atoms with Crippen molar-refractivity contribution < 1.29 is 17.9 Å². The Bertz CT molecular complexity index is 1110. The molecule has 31 heavy (non-hydrogen) atoms. The van der Waals surface area contributed by atoms with Crippen molar-refractivity contribution in [2.75, 3.05) is 13.7 Å². The summed E-state index contributed by atoms with van der Waals surface area (Å²) in [7, 11) is -2.17. The van der Waals surface area contributed by atoms with E-state index >= 15 is 0 Å². The Morgan fingerprint density at radius 3 is 2.29 bits per heavy atom. The van der Waals surface area contributed by atoms with Gasteiger partial charge in [-0.1, -0.05) is 60.2 Å². The van der Waals surface area contributed by atoms with Crippen LogP contribution in [0, 0.1) is 6.92 Å². The lowest BCUT2D eigenvalue weighted by molar-refractivity contribution is 0.0600. The fourth-order valence-electron chi connectivity index (χ4n) is 3.52. The fourth-order valence-corrected chi connectivity index (χ4v) is 4.60. The van der Waals surface area contributed by atoms with Crippen molar-refractivity contribution in [3.05, 3.63) is 101 Å². The summed E-state index contributed by atoms with van der Waals surface area (Å²) in [5.41, 5.74) is 3.63. The molecule has 0 saturated carbocycles. The highest BCUT2D eigenvalue weighted by Gasteiger charge is 2.17. The van der Waals surface area contributed by atoms with Gasteiger partial charge in [0.25, 0.3) is 0 Å². The number of carbonyl (C=O) groups is 1. The quantitative estimate of drug-likeness (QED) is 0.390. The molecule has 6 heteroatoms. The third kappa shape index (κ3) is 6.03. The lowest BCUT2D eigenvalue weighted by atomic mass is 9.87. The van der Waals surface area contributed by atoms with Crippen molar-refractivity contribution in [2.45, 2.75) is 30.6 Å². The van der Waals surface area contributed by atoms with E-state index in [9.17, 15) is 13.2 Å². The van der Waals surface area contributed by atoms with Crippen LogP contribution in [0.2, 0.25) is 0 Å². The summed E-state index contributed by atoms with van der Waals surface area (Å²) < 4.78 is 32.6. The summed E-state index contributed by atoms with van der Waals surface area (Å²) in [6, 6.07) is 24.2. The van der Waals surface area contributed by atoms with E-state index in [1.807, 2.05) is 55.5 Å². The third-order valence-corrected chi connectivity index (χ3v) is 6.68.